The summed E-state index contributed by atoms with van der Waals surface area (Å²) >= 11 is 0. The van der Waals surface area contributed by atoms with Crippen molar-refractivity contribution in [3.8, 4) is 0 Å². The van der Waals surface area contributed by atoms with Crippen LogP contribution in [0, 0.1) is 11.3 Å². The van der Waals surface area contributed by atoms with Crippen LogP contribution in [0.1, 0.15) is 51.1 Å². The first-order valence-corrected chi connectivity index (χ1v) is 7.89. The fourth-order valence-corrected chi connectivity index (χ4v) is 3.41. The summed E-state index contributed by atoms with van der Waals surface area (Å²) in [6, 6.07) is -0.324. The third-order valence-electron chi connectivity index (χ3n) is 4.50. The standard InChI is InChI=1S/C16H28N4O.ClH/c1-12(2)8-16(6-5-7-16)11-18-15(21)14(17-3)13-9-19-20(4)10-13;/h9-10,12,14,17H,5-8,11H2,1-4H3,(H,18,21);1H. The lowest BCUT2D eigenvalue weighted by molar-refractivity contribution is -0.124. The Labute approximate surface area is 139 Å². The summed E-state index contributed by atoms with van der Waals surface area (Å²) in [4.78, 5) is 12.4. The van der Waals surface area contributed by atoms with E-state index < -0.39 is 0 Å². The molecule has 0 saturated heterocycles. The molecule has 22 heavy (non-hydrogen) atoms. The number of carbonyl (C=O) groups is 1. The molecule has 0 aromatic carbocycles. The van der Waals surface area contributed by atoms with Crippen molar-refractivity contribution in [1.82, 2.24) is 20.4 Å². The Kier molecular flexibility index (Phi) is 6.88. The van der Waals surface area contributed by atoms with Crippen LogP contribution in [0.5, 0.6) is 0 Å². The van der Waals surface area contributed by atoms with Gasteiger partial charge in [0, 0.05) is 25.4 Å². The third-order valence-corrected chi connectivity index (χ3v) is 4.50. The molecule has 1 heterocycles. The van der Waals surface area contributed by atoms with Crippen molar-refractivity contribution in [2.45, 2.75) is 45.6 Å². The lowest BCUT2D eigenvalue weighted by Crippen LogP contribution is -2.45. The van der Waals surface area contributed by atoms with Crippen LogP contribution in [-0.2, 0) is 11.8 Å². The van der Waals surface area contributed by atoms with E-state index in [4.69, 9.17) is 0 Å². The molecule has 1 aromatic rings. The number of hydrogen-bond acceptors (Lipinski definition) is 3. The van der Waals surface area contributed by atoms with E-state index in [2.05, 4.69) is 29.6 Å². The van der Waals surface area contributed by atoms with Crippen molar-refractivity contribution < 1.29 is 4.79 Å². The molecule has 2 rings (SSSR count). The summed E-state index contributed by atoms with van der Waals surface area (Å²) in [7, 11) is 3.67. The molecule has 1 aromatic heterocycles. The van der Waals surface area contributed by atoms with E-state index in [-0.39, 0.29) is 24.4 Å². The third kappa shape index (κ3) is 4.46. The number of amides is 1. The van der Waals surface area contributed by atoms with E-state index >= 15 is 0 Å². The number of aryl methyl sites for hydroxylation is 1. The van der Waals surface area contributed by atoms with E-state index in [0.717, 1.165) is 12.1 Å². The largest absolute Gasteiger partial charge is 0.354 e. The van der Waals surface area contributed by atoms with Crippen LogP contribution in [0.2, 0.25) is 0 Å². The van der Waals surface area contributed by atoms with Gasteiger partial charge in [-0.15, -0.1) is 12.4 Å². The molecule has 1 atom stereocenters. The second-order valence-corrected chi connectivity index (χ2v) is 6.84. The summed E-state index contributed by atoms with van der Waals surface area (Å²) < 4.78 is 1.72. The molecular weight excluding hydrogens is 300 g/mol. The molecule has 2 N–H and O–H groups in total. The van der Waals surface area contributed by atoms with Gasteiger partial charge in [-0.1, -0.05) is 20.3 Å². The zero-order valence-electron chi connectivity index (χ0n) is 14.1. The minimum absolute atomic E-state index is 0. The van der Waals surface area contributed by atoms with Gasteiger partial charge in [-0.25, -0.2) is 0 Å². The molecule has 1 unspecified atom stereocenters. The van der Waals surface area contributed by atoms with Gasteiger partial charge >= 0.3 is 0 Å². The maximum Gasteiger partial charge on any atom is 0.241 e. The van der Waals surface area contributed by atoms with Gasteiger partial charge in [0.2, 0.25) is 5.91 Å². The number of aromatic nitrogens is 2. The van der Waals surface area contributed by atoms with E-state index in [9.17, 15) is 4.79 Å². The summed E-state index contributed by atoms with van der Waals surface area (Å²) in [6.45, 7) is 5.31. The number of rotatable bonds is 7. The van der Waals surface area contributed by atoms with Gasteiger partial charge in [0.15, 0.2) is 0 Å². The summed E-state index contributed by atoms with van der Waals surface area (Å²) in [5, 5.41) is 10.4. The molecule has 0 spiro atoms. The smallest absolute Gasteiger partial charge is 0.241 e. The van der Waals surface area contributed by atoms with E-state index in [0.29, 0.717) is 11.3 Å². The van der Waals surface area contributed by atoms with Gasteiger partial charge < -0.3 is 10.6 Å². The number of carbonyl (C=O) groups excluding carboxylic acids is 1. The van der Waals surface area contributed by atoms with Crippen LogP contribution in [0.3, 0.4) is 0 Å². The van der Waals surface area contributed by atoms with Gasteiger partial charge in [0.1, 0.15) is 6.04 Å². The summed E-state index contributed by atoms with van der Waals surface area (Å²) in [5.74, 6) is 0.723. The quantitative estimate of drug-likeness (QED) is 0.808. The molecule has 126 valence electrons. The highest BCUT2D eigenvalue weighted by Gasteiger charge is 2.38. The molecule has 0 radical (unpaired) electrons. The normalized spacial score (nSPS) is 17.5. The molecule has 1 amide bonds. The first-order chi connectivity index (χ1) is 9.96. The summed E-state index contributed by atoms with van der Waals surface area (Å²) in [6.07, 6.45) is 8.60. The predicted molar refractivity (Wildman–Crippen MR) is 91.0 cm³/mol. The van der Waals surface area contributed by atoms with Crippen LogP contribution < -0.4 is 10.6 Å². The Hall–Kier alpha value is -1.07. The van der Waals surface area contributed by atoms with Gasteiger partial charge in [-0.05, 0) is 37.6 Å². The number of nitrogens with one attached hydrogen (secondary N) is 2. The molecule has 1 saturated carbocycles. The van der Waals surface area contributed by atoms with Crippen LogP contribution >= 0.6 is 12.4 Å². The zero-order chi connectivity index (χ0) is 15.5. The van der Waals surface area contributed by atoms with Gasteiger partial charge in [-0.2, -0.15) is 5.10 Å². The van der Waals surface area contributed by atoms with Crippen LogP contribution in [0.15, 0.2) is 12.4 Å². The Morgan fingerprint density at radius 3 is 2.55 bits per heavy atom. The van der Waals surface area contributed by atoms with Crippen molar-refractivity contribution in [1.29, 1.82) is 0 Å². The average molecular weight is 329 g/mol. The Morgan fingerprint density at radius 1 is 1.45 bits per heavy atom. The van der Waals surface area contributed by atoms with Gasteiger partial charge in [-0.3, -0.25) is 9.48 Å². The second-order valence-electron chi connectivity index (χ2n) is 6.84. The fourth-order valence-electron chi connectivity index (χ4n) is 3.41. The molecule has 1 aliphatic rings. The zero-order valence-corrected chi connectivity index (χ0v) is 14.9. The molecule has 1 fully saturated rings. The molecule has 5 nitrogen and oxygen atoms in total. The predicted octanol–water partition coefficient (Wildman–Crippen LogP) is 2.44. The Morgan fingerprint density at radius 2 is 2.14 bits per heavy atom. The van der Waals surface area contributed by atoms with Crippen molar-refractivity contribution in [2.75, 3.05) is 13.6 Å². The molecule has 6 heteroatoms. The molecule has 0 aliphatic heterocycles. The minimum Gasteiger partial charge on any atom is -0.354 e. The van der Waals surface area contributed by atoms with Crippen LogP contribution in [-0.4, -0.2) is 29.3 Å². The van der Waals surface area contributed by atoms with Crippen molar-refractivity contribution >= 4 is 18.3 Å². The molecule has 1 aliphatic carbocycles. The number of likely N-dealkylation sites (N-methyl/N-ethyl adjacent to an activating group) is 1. The maximum absolute atomic E-state index is 12.4. The van der Waals surface area contributed by atoms with Crippen molar-refractivity contribution in [2.24, 2.45) is 18.4 Å². The van der Waals surface area contributed by atoms with E-state index in [1.54, 1.807) is 10.9 Å². The fraction of sp³-hybridized carbons (Fsp3) is 0.750. The minimum atomic E-state index is -0.324. The lowest BCUT2D eigenvalue weighted by Gasteiger charge is -2.43. The number of hydrogen-bond donors (Lipinski definition) is 2. The van der Waals surface area contributed by atoms with Crippen molar-refractivity contribution in [3.05, 3.63) is 18.0 Å². The second kappa shape index (κ2) is 7.97. The summed E-state index contributed by atoms with van der Waals surface area (Å²) in [5.41, 5.74) is 1.24. The highest BCUT2D eigenvalue weighted by molar-refractivity contribution is 5.85. The number of nitrogens with zero attached hydrogens (tertiary/aromatic N) is 2. The van der Waals surface area contributed by atoms with Gasteiger partial charge in [0.05, 0.1) is 6.20 Å². The van der Waals surface area contributed by atoms with E-state index in [1.807, 2.05) is 20.3 Å². The maximum atomic E-state index is 12.4. The van der Waals surface area contributed by atoms with E-state index in [1.165, 1.54) is 25.7 Å². The van der Waals surface area contributed by atoms with Crippen LogP contribution in [0.4, 0.5) is 0 Å². The molecule has 0 bridgehead atoms. The first kappa shape index (κ1) is 19.0. The highest BCUT2D eigenvalue weighted by atomic mass is 35.5. The average Bonchev–Trinajstić information content (AvgIpc) is 2.79. The highest BCUT2D eigenvalue weighted by Crippen LogP contribution is 2.45. The van der Waals surface area contributed by atoms with Crippen molar-refractivity contribution in [3.63, 3.8) is 0 Å². The Bertz CT molecular complexity index is 482. The van der Waals surface area contributed by atoms with Crippen LogP contribution in [0.25, 0.3) is 0 Å². The first-order valence-electron chi connectivity index (χ1n) is 7.89. The number of halogens is 1. The SMILES string of the molecule is CNC(C(=O)NCC1(CC(C)C)CCC1)c1cnn(C)c1.Cl. The van der Waals surface area contributed by atoms with Gasteiger partial charge in [0.25, 0.3) is 0 Å². The lowest BCUT2D eigenvalue weighted by atomic mass is 9.64. The Balaban J connectivity index is 0.00000242. The monoisotopic (exact) mass is 328 g/mol. The topological polar surface area (TPSA) is 59.0 Å². The molecular formula is C16H29ClN4O.